The molecule has 1 aromatic heterocycles. The third-order valence-corrected chi connectivity index (χ3v) is 4.96. The molecule has 0 radical (unpaired) electrons. The zero-order chi connectivity index (χ0) is 13.6. The van der Waals surface area contributed by atoms with E-state index in [1.165, 1.54) is 43.6 Å². The van der Waals surface area contributed by atoms with Crippen LogP contribution in [-0.4, -0.2) is 29.6 Å². The lowest BCUT2D eigenvalue weighted by atomic mass is 9.74. The number of piperidine rings is 1. The summed E-state index contributed by atoms with van der Waals surface area (Å²) in [6.45, 7) is 7.13. The van der Waals surface area contributed by atoms with Crippen LogP contribution in [0.15, 0.2) is 12.3 Å². The Kier molecular flexibility index (Phi) is 3.22. The molecule has 3 nitrogen and oxygen atoms in total. The lowest BCUT2D eigenvalue weighted by molar-refractivity contribution is 0.211. The topological polar surface area (TPSA) is 34.2 Å². The molecule has 3 heteroatoms. The summed E-state index contributed by atoms with van der Waals surface area (Å²) in [6, 6.07) is 3.18. The van der Waals surface area contributed by atoms with Crippen LogP contribution in [0.3, 0.4) is 0 Å². The summed E-state index contributed by atoms with van der Waals surface area (Å²) >= 11 is 0. The summed E-state index contributed by atoms with van der Waals surface area (Å²) in [6.07, 6.45) is 7.12. The van der Waals surface area contributed by atoms with Crippen molar-refractivity contribution in [3.05, 3.63) is 23.5 Å². The van der Waals surface area contributed by atoms with Crippen molar-refractivity contribution >= 4 is 0 Å². The zero-order valence-electron chi connectivity index (χ0n) is 12.5. The highest BCUT2D eigenvalue weighted by atomic mass is 15.1. The van der Waals surface area contributed by atoms with Gasteiger partial charge in [-0.05, 0) is 62.9 Å². The minimum absolute atomic E-state index is 0.228. The Bertz CT molecular complexity index is 453. The van der Waals surface area contributed by atoms with Crippen LogP contribution in [-0.2, 0) is 6.42 Å². The fraction of sp³-hybridized carbons (Fsp3) is 0.750. The van der Waals surface area contributed by atoms with Crippen LogP contribution in [0, 0.1) is 5.41 Å². The van der Waals surface area contributed by atoms with E-state index in [2.05, 4.69) is 42.6 Å². The Morgan fingerprint density at radius 1 is 1.26 bits per heavy atom. The maximum absolute atomic E-state index is 6.37. The van der Waals surface area contributed by atoms with E-state index in [1.807, 2.05) is 0 Å². The lowest BCUT2D eigenvalue weighted by Crippen LogP contribution is -2.34. The smallest absolute Gasteiger partial charge is 0.0357 e. The van der Waals surface area contributed by atoms with Crippen LogP contribution in [0.2, 0.25) is 0 Å². The molecule has 2 N–H and O–H groups in total. The highest BCUT2D eigenvalue weighted by Gasteiger charge is 2.33. The van der Waals surface area contributed by atoms with E-state index in [0.29, 0.717) is 11.5 Å². The van der Waals surface area contributed by atoms with Crippen LogP contribution in [0.25, 0.3) is 0 Å². The highest BCUT2D eigenvalue weighted by molar-refractivity contribution is 5.30. The van der Waals surface area contributed by atoms with Gasteiger partial charge in [0.05, 0.1) is 0 Å². The number of hydrogen-bond acceptors (Lipinski definition) is 2. The fourth-order valence-corrected chi connectivity index (χ4v) is 3.87. The van der Waals surface area contributed by atoms with Crippen molar-refractivity contribution in [1.29, 1.82) is 0 Å². The van der Waals surface area contributed by atoms with Gasteiger partial charge in [-0.2, -0.15) is 0 Å². The zero-order valence-corrected chi connectivity index (χ0v) is 12.5. The molecule has 0 amide bonds. The molecule has 0 aromatic carbocycles. The van der Waals surface area contributed by atoms with Gasteiger partial charge in [-0.1, -0.05) is 13.8 Å². The van der Waals surface area contributed by atoms with Gasteiger partial charge in [0.15, 0.2) is 0 Å². The van der Waals surface area contributed by atoms with Crippen molar-refractivity contribution in [2.24, 2.45) is 11.1 Å². The molecular weight excluding hydrogens is 234 g/mol. The number of fused-ring (bicyclic) bond motifs is 1. The van der Waals surface area contributed by atoms with Crippen LogP contribution in [0.4, 0.5) is 0 Å². The van der Waals surface area contributed by atoms with Gasteiger partial charge in [0.25, 0.3) is 0 Å². The van der Waals surface area contributed by atoms with Gasteiger partial charge in [-0.15, -0.1) is 0 Å². The number of nitrogens with two attached hydrogens (primary N) is 1. The number of aromatic nitrogens is 1. The van der Waals surface area contributed by atoms with Crippen molar-refractivity contribution in [3.8, 4) is 0 Å². The van der Waals surface area contributed by atoms with Crippen molar-refractivity contribution in [2.75, 3.05) is 20.1 Å². The van der Waals surface area contributed by atoms with Gasteiger partial charge < -0.3 is 15.2 Å². The summed E-state index contributed by atoms with van der Waals surface area (Å²) in [7, 11) is 2.22. The predicted octanol–water partition coefficient (Wildman–Crippen LogP) is 2.73. The molecule has 3 rings (SSSR count). The predicted molar refractivity (Wildman–Crippen MR) is 79.2 cm³/mol. The van der Waals surface area contributed by atoms with Crippen LogP contribution in [0.1, 0.15) is 56.5 Å². The molecule has 106 valence electrons. The van der Waals surface area contributed by atoms with E-state index in [4.69, 9.17) is 5.73 Å². The van der Waals surface area contributed by atoms with Crippen molar-refractivity contribution in [1.82, 2.24) is 9.47 Å². The fourth-order valence-electron chi connectivity index (χ4n) is 3.87. The second-order valence-electron chi connectivity index (χ2n) is 7.31. The molecule has 1 fully saturated rings. The molecule has 19 heavy (non-hydrogen) atoms. The van der Waals surface area contributed by atoms with Gasteiger partial charge in [-0.3, -0.25) is 0 Å². The van der Waals surface area contributed by atoms with Gasteiger partial charge in [0.1, 0.15) is 0 Å². The van der Waals surface area contributed by atoms with Crippen molar-refractivity contribution < 1.29 is 0 Å². The lowest BCUT2D eigenvalue weighted by Gasteiger charge is -2.37. The molecule has 1 aliphatic heterocycles. The molecule has 0 bridgehead atoms. The standard InChI is InChI=1S/C16H27N3/c1-16(2)10-14(17)13-6-9-19(15(13)11-16)12-4-7-18(3)8-5-12/h6,9,12,14H,4-5,7-8,10-11,17H2,1-3H3. The quantitative estimate of drug-likeness (QED) is 0.843. The number of hydrogen-bond donors (Lipinski definition) is 1. The first-order chi connectivity index (χ1) is 8.96. The Hall–Kier alpha value is -0.800. The number of likely N-dealkylation sites (tertiary alicyclic amines) is 1. The molecule has 2 heterocycles. The van der Waals surface area contributed by atoms with E-state index in [1.54, 1.807) is 0 Å². The normalized spacial score (nSPS) is 28.3. The molecule has 0 saturated carbocycles. The van der Waals surface area contributed by atoms with E-state index in [0.717, 1.165) is 6.42 Å². The molecule has 0 spiro atoms. The third kappa shape index (κ3) is 2.46. The molecule has 1 aromatic rings. The van der Waals surface area contributed by atoms with E-state index < -0.39 is 0 Å². The summed E-state index contributed by atoms with van der Waals surface area (Å²) in [4.78, 5) is 2.43. The maximum atomic E-state index is 6.37. The summed E-state index contributed by atoms with van der Waals surface area (Å²) in [5, 5.41) is 0. The average molecular weight is 261 g/mol. The molecule has 1 aliphatic carbocycles. The average Bonchev–Trinajstić information content (AvgIpc) is 2.72. The van der Waals surface area contributed by atoms with Crippen LogP contribution in [0.5, 0.6) is 0 Å². The van der Waals surface area contributed by atoms with Crippen LogP contribution >= 0.6 is 0 Å². The SMILES string of the molecule is CN1CCC(n2ccc3c2CC(C)(C)CC3N)CC1. The summed E-state index contributed by atoms with van der Waals surface area (Å²) in [5.41, 5.74) is 9.62. The second kappa shape index (κ2) is 4.64. The molecule has 1 atom stereocenters. The number of nitrogens with zero attached hydrogens (tertiary/aromatic N) is 2. The first kappa shape index (κ1) is 13.2. The third-order valence-electron chi connectivity index (χ3n) is 4.96. The van der Waals surface area contributed by atoms with Gasteiger partial charge >= 0.3 is 0 Å². The minimum Gasteiger partial charge on any atom is -0.348 e. The first-order valence-corrected chi connectivity index (χ1v) is 7.60. The molecule has 2 aliphatic rings. The molecule has 1 saturated heterocycles. The van der Waals surface area contributed by atoms with E-state index in [9.17, 15) is 0 Å². The van der Waals surface area contributed by atoms with E-state index >= 15 is 0 Å². The first-order valence-electron chi connectivity index (χ1n) is 7.60. The van der Waals surface area contributed by atoms with Crippen molar-refractivity contribution in [2.45, 2.75) is 51.6 Å². The van der Waals surface area contributed by atoms with Gasteiger partial charge in [0, 0.05) is 24.0 Å². The second-order valence-corrected chi connectivity index (χ2v) is 7.31. The molecule has 1 unspecified atom stereocenters. The largest absolute Gasteiger partial charge is 0.348 e. The van der Waals surface area contributed by atoms with Gasteiger partial charge in [0.2, 0.25) is 0 Å². The Labute approximate surface area is 116 Å². The Morgan fingerprint density at radius 2 is 1.95 bits per heavy atom. The summed E-state index contributed by atoms with van der Waals surface area (Å²) in [5.74, 6) is 0. The maximum Gasteiger partial charge on any atom is 0.0357 e. The Balaban J connectivity index is 1.88. The van der Waals surface area contributed by atoms with Gasteiger partial charge in [-0.25, -0.2) is 0 Å². The monoisotopic (exact) mass is 261 g/mol. The van der Waals surface area contributed by atoms with E-state index in [-0.39, 0.29) is 6.04 Å². The summed E-state index contributed by atoms with van der Waals surface area (Å²) < 4.78 is 2.54. The Morgan fingerprint density at radius 3 is 2.63 bits per heavy atom. The number of rotatable bonds is 1. The molecular formula is C16H27N3. The highest BCUT2D eigenvalue weighted by Crippen LogP contribution is 2.41. The minimum atomic E-state index is 0.228. The van der Waals surface area contributed by atoms with Crippen molar-refractivity contribution in [3.63, 3.8) is 0 Å². The van der Waals surface area contributed by atoms with Crippen LogP contribution < -0.4 is 5.73 Å².